The third-order valence-electron chi connectivity index (χ3n) is 27.9. The van der Waals surface area contributed by atoms with Gasteiger partial charge in [0.2, 0.25) is 0 Å². The summed E-state index contributed by atoms with van der Waals surface area (Å²) >= 11 is 3.68. The van der Waals surface area contributed by atoms with E-state index in [1.807, 2.05) is 0 Å². The Bertz CT molecular complexity index is 1960. The van der Waals surface area contributed by atoms with Crippen molar-refractivity contribution in [2.75, 3.05) is 11.9 Å². The lowest BCUT2D eigenvalue weighted by atomic mass is 9.47. The van der Waals surface area contributed by atoms with Crippen LogP contribution in [0.15, 0.2) is 36.5 Å². The second-order valence-corrected chi connectivity index (χ2v) is 32.7. The monoisotopic (exact) mass is 1080 g/mol. The number of halogens is 1. The van der Waals surface area contributed by atoms with Crippen LogP contribution in [0.25, 0.3) is 0 Å². The minimum Gasteiger partial charge on any atom is -0.392 e. The summed E-state index contributed by atoms with van der Waals surface area (Å²) in [6, 6.07) is 0. The average molecular weight is 1090 g/mol. The second-order valence-electron chi connectivity index (χ2n) is 32.1. The smallest absolute Gasteiger partial charge is 0.0642 e. The molecule has 420 valence electrons. The molecule has 12 aliphatic rings. The number of alkyl halides is 1. The lowest BCUT2D eigenvalue weighted by molar-refractivity contribution is -0.117. The minimum atomic E-state index is -0.428. The van der Waals surface area contributed by atoms with Crippen LogP contribution in [-0.4, -0.2) is 49.2 Å². The van der Waals surface area contributed by atoms with Gasteiger partial charge in [0.05, 0.1) is 23.4 Å². The van der Waals surface area contributed by atoms with Gasteiger partial charge in [-0.25, -0.2) is 0 Å². The van der Waals surface area contributed by atoms with Gasteiger partial charge >= 0.3 is 0 Å². The zero-order chi connectivity index (χ0) is 53.2. The standard InChI is InChI=1S/C23H37BrO.C23H38O2.C23H38O/c2*1-14-11-18-16(17-7-9-22(3,25)12-19(14)17)8-10-23(4)20(15(2)13-24)5-6-21(18)23;1-14(2)20-6-7-21-18-12-15(3)19-13-22(4,24)10-8-17(19)16(18)9-11-23(20,21)5/h14,16-21,25H,2,5-13H2,1,3-4H3;14,16-21,24-25H,2,5-13H2,1,3-4H3;15-21,24H,1,6-13H2,2-5H3/t2*14-,16-,17-,18-,19+,20-,21+,22+,23-;15-,16-,17-,18-,19+,20-,21+,22+,23-/m111/s1. The molecule has 0 amide bonds. The van der Waals surface area contributed by atoms with E-state index in [0.29, 0.717) is 22.2 Å². The van der Waals surface area contributed by atoms with E-state index in [4.69, 9.17) is 0 Å². The molecule has 0 spiro atoms. The van der Waals surface area contributed by atoms with Crippen molar-refractivity contribution >= 4 is 15.9 Å². The van der Waals surface area contributed by atoms with Gasteiger partial charge in [0.1, 0.15) is 0 Å². The average Bonchev–Trinajstić information content (AvgIpc) is 4.01. The fraction of sp³-hybridized carbons (Fsp3) is 0.913. The van der Waals surface area contributed by atoms with Gasteiger partial charge in [-0.3, -0.25) is 0 Å². The fourth-order valence-corrected chi connectivity index (χ4v) is 24.9. The molecule has 0 aliphatic heterocycles. The normalized spacial score (nSPS) is 55.7. The van der Waals surface area contributed by atoms with E-state index < -0.39 is 16.8 Å². The Labute approximate surface area is 462 Å². The topological polar surface area (TPSA) is 80.9 Å². The lowest BCUT2D eigenvalue weighted by Crippen LogP contribution is -2.52. The molecule has 12 aliphatic carbocycles. The van der Waals surface area contributed by atoms with Crippen LogP contribution in [0.2, 0.25) is 0 Å². The van der Waals surface area contributed by atoms with Crippen molar-refractivity contribution < 1.29 is 20.4 Å². The maximum atomic E-state index is 10.6. The molecule has 4 nitrogen and oxygen atoms in total. The lowest BCUT2D eigenvalue weighted by Gasteiger charge is -2.59. The van der Waals surface area contributed by atoms with Crippen LogP contribution >= 0.6 is 15.9 Å². The minimum absolute atomic E-state index is 0.164. The largest absolute Gasteiger partial charge is 0.392 e. The summed E-state index contributed by atoms with van der Waals surface area (Å²) in [6.45, 7) is 36.8. The molecule has 0 aromatic rings. The highest BCUT2D eigenvalue weighted by Crippen LogP contribution is 2.70. The van der Waals surface area contributed by atoms with Crippen molar-refractivity contribution in [3.8, 4) is 0 Å². The van der Waals surface area contributed by atoms with E-state index >= 15 is 0 Å². The van der Waals surface area contributed by atoms with Crippen LogP contribution in [0, 0.1) is 141 Å². The summed E-state index contributed by atoms with van der Waals surface area (Å²) in [5.74, 6) is 17.5. The predicted octanol–water partition coefficient (Wildman–Crippen LogP) is 16.8. The van der Waals surface area contributed by atoms with Crippen LogP contribution in [0.1, 0.15) is 223 Å². The molecule has 27 atom stereocenters. The third kappa shape index (κ3) is 9.91. The summed E-state index contributed by atoms with van der Waals surface area (Å²) in [7, 11) is 0. The van der Waals surface area contributed by atoms with E-state index in [1.54, 1.807) is 0 Å². The van der Waals surface area contributed by atoms with Gasteiger partial charge in [-0.05, 0) is 328 Å². The molecular formula is C69H113BrO4. The van der Waals surface area contributed by atoms with E-state index in [9.17, 15) is 20.4 Å². The first-order chi connectivity index (χ1) is 34.8. The van der Waals surface area contributed by atoms with Crippen LogP contribution in [0.4, 0.5) is 0 Å². The molecule has 12 saturated carbocycles. The van der Waals surface area contributed by atoms with Crippen molar-refractivity contribution in [3.63, 3.8) is 0 Å². The van der Waals surface area contributed by atoms with Crippen molar-refractivity contribution in [3.05, 3.63) is 36.5 Å². The Morgan fingerprint density at radius 1 is 0.405 bits per heavy atom. The first-order valence-electron chi connectivity index (χ1n) is 32.1. The maximum Gasteiger partial charge on any atom is 0.0642 e. The molecule has 5 heteroatoms. The molecule has 0 heterocycles. The van der Waals surface area contributed by atoms with Gasteiger partial charge in [0.15, 0.2) is 0 Å². The van der Waals surface area contributed by atoms with Crippen molar-refractivity contribution in [2.24, 2.45) is 141 Å². The molecule has 0 unspecified atom stereocenters. The van der Waals surface area contributed by atoms with Crippen LogP contribution < -0.4 is 0 Å². The molecule has 74 heavy (non-hydrogen) atoms. The quantitative estimate of drug-likeness (QED) is 0.163. The second kappa shape index (κ2) is 20.8. The predicted molar refractivity (Wildman–Crippen MR) is 311 cm³/mol. The molecule has 0 aromatic carbocycles. The van der Waals surface area contributed by atoms with Crippen molar-refractivity contribution in [1.29, 1.82) is 0 Å². The zero-order valence-electron chi connectivity index (χ0n) is 49.3. The number of allylic oxidation sites excluding steroid dienone is 2. The number of hydrogen-bond acceptors (Lipinski definition) is 4. The van der Waals surface area contributed by atoms with E-state index in [1.165, 1.54) is 127 Å². The molecule has 0 aromatic heterocycles. The first kappa shape index (κ1) is 56.8. The van der Waals surface area contributed by atoms with Crippen molar-refractivity contribution in [2.45, 2.75) is 240 Å². The highest BCUT2D eigenvalue weighted by Gasteiger charge is 2.62. The molecular weight excluding hydrogens is 973 g/mol. The number of rotatable bonds is 5. The summed E-state index contributed by atoms with van der Waals surface area (Å²) in [6.07, 6.45) is 30.7. The highest BCUT2D eigenvalue weighted by atomic mass is 79.9. The maximum absolute atomic E-state index is 10.6. The van der Waals surface area contributed by atoms with Gasteiger partial charge in [-0.15, -0.1) is 0 Å². The highest BCUT2D eigenvalue weighted by molar-refractivity contribution is 9.09. The SMILES string of the molecule is C=C(C)[C@H]1CC[C@H]2[C@@H]3C[C@@H](C)[C@@H]4C[C@@](C)(O)CC[C@@H]4[C@H]3CC[C@]12C.C=C(CBr)[C@H]1CC[C@H]2[C@@H]3C[C@@H](C)[C@@H]4C[C@@](C)(O)CC[C@@H]4[C@H]3CC[C@]12C.C=C(CO)[C@H]1CC[C@H]2[C@@H]3C[C@@H](C)[C@@H]4C[C@@](C)(O)CC[C@@H]4[C@H]3CC[C@]12C. The summed E-state index contributed by atoms with van der Waals surface area (Å²) in [5.41, 5.74) is 4.13. The zero-order valence-corrected chi connectivity index (χ0v) is 50.9. The molecule has 0 radical (unpaired) electrons. The fourth-order valence-electron chi connectivity index (χ4n) is 24.6. The van der Waals surface area contributed by atoms with Crippen LogP contribution in [0.3, 0.4) is 0 Å². The Balaban J connectivity index is 0.000000127. The molecule has 4 N–H and O–H groups in total. The van der Waals surface area contributed by atoms with Gasteiger partial charge < -0.3 is 20.4 Å². The summed E-state index contributed by atoms with van der Waals surface area (Å²) in [4.78, 5) is 0. The van der Waals surface area contributed by atoms with Gasteiger partial charge in [-0.1, -0.05) is 88.4 Å². The van der Waals surface area contributed by atoms with Crippen molar-refractivity contribution in [1.82, 2.24) is 0 Å². The molecule has 0 saturated heterocycles. The van der Waals surface area contributed by atoms with Crippen LogP contribution in [0.5, 0.6) is 0 Å². The molecule has 12 fully saturated rings. The van der Waals surface area contributed by atoms with Gasteiger partial charge in [0.25, 0.3) is 0 Å². The third-order valence-corrected chi connectivity index (χ3v) is 28.7. The number of fused-ring (bicyclic) bond motifs is 15. The van der Waals surface area contributed by atoms with Gasteiger partial charge in [0, 0.05) is 5.33 Å². The Morgan fingerprint density at radius 3 is 1.00 bits per heavy atom. The number of aliphatic hydroxyl groups is 4. The summed E-state index contributed by atoms with van der Waals surface area (Å²) in [5, 5.41) is 42.5. The first-order valence-corrected chi connectivity index (χ1v) is 33.2. The van der Waals surface area contributed by atoms with E-state index in [-0.39, 0.29) is 6.61 Å². The Hall–Kier alpha value is -0.460. The Morgan fingerprint density at radius 2 is 0.689 bits per heavy atom. The van der Waals surface area contributed by atoms with Crippen LogP contribution in [-0.2, 0) is 0 Å². The Kier molecular flexibility index (Phi) is 16.0. The molecule has 0 bridgehead atoms. The van der Waals surface area contributed by atoms with E-state index in [2.05, 4.69) is 105 Å². The number of hydrogen-bond donors (Lipinski definition) is 4. The molecule has 12 rings (SSSR count). The van der Waals surface area contributed by atoms with E-state index in [0.717, 1.165) is 168 Å². The summed E-state index contributed by atoms with van der Waals surface area (Å²) < 4.78 is 0. The number of aliphatic hydroxyl groups excluding tert-OH is 1. The van der Waals surface area contributed by atoms with Gasteiger partial charge in [-0.2, -0.15) is 0 Å².